The molecular formula is C43H46N10O. The fourth-order valence-corrected chi connectivity index (χ4v) is 8.50. The number of hydrogen-bond acceptors (Lipinski definition) is 7. The van der Waals surface area contributed by atoms with Crippen molar-refractivity contribution in [2.24, 2.45) is 0 Å². The second-order valence-corrected chi connectivity index (χ2v) is 15.0. The molecule has 3 atom stereocenters. The van der Waals surface area contributed by atoms with Gasteiger partial charge in [-0.2, -0.15) is 0 Å². The fourth-order valence-electron chi connectivity index (χ4n) is 8.50. The molecule has 3 aliphatic rings. The highest BCUT2D eigenvalue weighted by atomic mass is 16.5. The Morgan fingerprint density at radius 2 is 1.52 bits per heavy atom. The van der Waals surface area contributed by atoms with Crippen LogP contribution in [0.3, 0.4) is 0 Å². The van der Waals surface area contributed by atoms with Crippen LogP contribution in [0.4, 0.5) is 0 Å². The Balaban J connectivity index is 1.06. The molecule has 7 heterocycles. The Morgan fingerprint density at radius 3 is 2.22 bits per heavy atom. The topological polar surface area (TPSA) is 136 Å². The highest BCUT2D eigenvalue weighted by molar-refractivity contribution is 6.07. The Bertz CT molecular complexity index is 2440. The number of aromatic nitrogens is 7. The summed E-state index contributed by atoms with van der Waals surface area (Å²) in [5, 5.41) is 11.8. The molecule has 11 nitrogen and oxygen atoms in total. The summed E-state index contributed by atoms with van der Waals surface area (Å²) < 4.78 is 8.86. The van der Waals surface area contributed by atoms with E-state index in [1.807, 2.05) is 18.6 Å². The summed E-state index contributed by atoms with van der Waals surface area (Å²) in [5.74, 6) is 3.83. The van der Waals surface area contributed by atoms with Crippen molar-refractivity contribution in [1.29, 1.82) is 0 Å². The maximum atomic E-state index is 6.55. The van der Waals surface area contributed by atoms with Gasteiger partial charge in [0.15, 0.2) is 6.73 Å². The van der Waals surface area contributed by atoms with Gasteiger partial charge in [0.05, 0.1) is 58.8 Å². The number of nitrogens with zero attached hydrogens (tertiary/aromatic N) is 4. The van der Waals surface area contributed by atoms with Crippen LogP contribution in [-0.2, 0) is 6.73 Å². The average molecular weight is 719 g/mol. The average Bonchev–Trinajstić information content (AvgIpc) is 4.07. The zero-order valence-electron chi connectivity index (χ0n) is 30.8. The summed E-state index contributed by atoms with van der Waals surface area (Å²) in [6, 6.07) is 22.9. The minimum Gasteiger partial charge on any atom is -0.472 e. The number of fused-ring (bicyclic) bond motifs is 5. The second kappa shape index (κ2) is 13.7. The predicted molar refractivity (Wildman–Crippen MR) is 213 cm³/mol. The van der Waals surface area contributed by atoms with E-state index in [1.165, 1.54) is 18.4 Å². The molecule has 3 aromatic carbocycles. The summed E-state index contributed by atoms with van der Waals surface area (Å²) in [6.45, 7) is 7.78. The molecule has 3 unspecified atom stereocenters. The van der Waals surface area contributed by atoms with Gasteiger partial charge in [-0.1, -0.05) is 43.3 Å². The van der Waals surface area contributed by atoms with Crippen molar-refractivity contribution in [3.05, 3.63) is 96.7 Å². The SMILES string of the molecule is CCCNC(C)c1nc(-c2ccc3c(c2)c(-c2ccc(-c4cnc(C5CCCN5)[nH]4)cc2)c2n3COc3cc(-c4cnc(C5CCCN5)[nH]4)ccc3-2)c[nH]1. The van der Waals surface area contributed by atoms with Gasteiger partial charge >= 0.3 is 0 Å². The summed E-state index contributed by atoms with van der Waals surface area (Å²) in [4.78, 5) is 25.1. The van der Waals surface area contributed by atoms with Crippen LogP contribution in [0.1, 0.15) is 81.6 Å². The number of ether oxygens (including phenoxy) is 1. The van der Waals surface area contributed by atoms with Crippen molar-refractivity contribution in [2.75, 3.05) is 19.6 Å². The number of aromatic amines is 3. The van der Waals surface area contributed by atoms with Crippen LogP contribution < -0.4 is 20.7 Å². The van der Waals surface area contributed by atoms with Gasteiger partial charge in [-0.05, 0) is 94.1 Å². The van der Waals surface area contributed by atoms with Crippen LogP contribution in [0.2, 0.25) is 0 Å². The molecule has 2 fully saturated rings. The summed E-state index contributed by atoms with van der Waals surface area (Å²) in [7, 11) is 0. The first-order valence-corrected chi connectivity index (χ1v) is 19.5. The summed E-state index contributed by atoms with van der Waals surface area (Å²) >= 11 is 0. The largest absolute Gasteiger partial charge is 0.472 e. The lowest BCUT2D eigenvalue weighted by Gasteiger charge is -2.23. The third-order valence-electron chi connectivity index (χ3n) is 11.4. The van der Waals surface area contributed by atoms with Crippen molar-refractivity contribution in [2.45, 2.75) is 70.8 Å². The highest BCUT2D eigenvalue weighted by Gasteiger charge is 2.28. The van der Waals surface area contributed by atoms with Crippen molar-refractivity contribution in [1.82, 2.24) is 50.4 Å². The minimum absolute atomic E-state index is 0.143. The van der Waals surface area contributed by atoms with E-state index in [0.29, 0.717) is 12.8 Å². The molecule has 0 spiro atoms. The quantitative estimate of drug-likeness (QED) is 0.0836. The molecule has 274 valence electrons. The lowest BCUT2D eigenvalue weighted by molar-refractivity contribution is 0.235. The van der Waals surface area contributed by atoms with Gasteiger partial charge in [-0.3, -0.25) is 0 Å². The van der Waals surface area contributed by atoms with Crippen molar-refractivity contribution in [3.8, 4) is 61.9 Å². The monoisotopic (exact) mass is 718 g/mol. The first-order valence-electron chi connectivity index (χ1n) is 19.5. The molecule has 2 saturated heterocycles. The maximum absolute atomic E-state index is 6.55. The smallest absolute Gasteiger partial charge is 0.165 e. The lowest BCUT2D eigenvalue weighted by atomic mass is 9.95. The molecule has 0 saturated carbocycles. The molecule has 7 aromatic rings. The van der Waals surface area contributed by atoms with Crippen LogP contribution in [-0.4, -0.2) is 54.1 Å². The van der Waals surface area contributed by atoms with E-state index in [-0.39, 0.29) is 12.1 Å². The van der Waals surface area contributed by atoms with E-state index in [4.69, 9.17) is 19.7 Å². The van der Waals surface area contributed by atoms with Crippen LogP contribution in [0, 0.1) is 0 Å². The van der Waals surface area contributed by atoms with Crippen LogP contribution in [0.25, 0.3) is 67.1 Å². The molecule has 0 amide bonds. The van der Waals surface area contributed by atoms with Gasteiger partial charge in [-0.25, -0.2) is 15.0 Å². The fraction of sp³-hybridized carbons (Fsp3) is 0.326. The molecule has 0 aliphatic carbocycles. The van der Waals surface area contributed by atoms with Gasteiger partial charge in [0, 0.05) is 33.8 Å². The minimum atomic E-state index is 0.143. The highest BCUT2D eigenvalue weighted by Crippen LogP contribution is 2.48. The predicted octanol–water partition coefficient (Wildman–Crippen LogP) is 8.41. The number of imidazole rings is 3. The van der Waals surface area contributed by atoms with Gasteiger partial charge in [0.2, 0.25) is 0 Å². The van der Waals surface area contributed by atoms with E-state index >= 15 is 0 Å². The van der Waals surface area contributed by atoms with Gasteiger partial charge < -0.3 is 40.2 Å². The normalized spacial score (nSPS) is 18.6. The Morgan fingerprint density at radius 1 is 0.833 bits per heavy atom. The third kappa shape index (κ3) is 5.83. The lowest BCUT2D eigenvalue weighted by Crippen LogP contribution is -2.20. The Kier molecular flexibility index (Phi) is 8.42. The van der Waals surface area contributed by atoms with E-state index in [9.17, 15) is 0 Å². The first-order chi connectivity index (χ1) is 26.6. The molecule has 4 aromatic heterocycles. The van der Waals surface area contributed by atoms with Crippen LogP contribution in [0.5, 0.6) is 5.75 Å². The van der Waals surface area contributed by atoms with Gasteiger partial charge in [-0.15, -0.1) is 0 Å². The van der Waals surface area contributed by atoms with E-state index in [1.54, 1.807) is 0 Å². The Hall–Kier alpha value is -5.49. The standard InChI is InChI=1S/C43H46N10O/c1-3-16-44-25(2)41-47-22-35(50-41)28-13-15-37-31(19-28)39(27-10-8-26(9-11-27)34-21-48-42(51-34)32-6-4-17-45-32)40-30-14-12-29(20-38(30)54-24-53(37)40)36-23-49-43(52-36)33-7-5-18-46-33/h8-15,19-23,25,32-33,44-46H,3-7,16-18,24H2,1-2H3,(H,47,50)(H,48,51)(H,49,52). The van der Waals surface area contributed by atoms with E-state index < -0.39 is 0 Å². The number of rotatable bonds is 10. The molecule has 3 aliphatic heterocycles. The van der Waals surface area contributed by atoms with E-state index in [2.05, 4.69) is 110 Å². The molecule has 0 radical (unpaired) electrons. The van der Waals surface area contributed by atoms with Crippen LogP contribution in [0.15, 0.2) is 79.3 Å². The molecule has 54 heavy (non-hydrogen) atoms. The molecule has 6 N–H and O–H groups in total. The van der Waals surface area contributed by atoms with E-state index in [0.717, 1.165) is 124 Å². The number of nitrogens with one attached hydrogen (secondary N) is 6. The number of H-pyrrole nitrogens is 3. The maximum Gasteiger partial charge on any atom is 0.165 e. The van der Waals surface area contributed by atoms with Gasteiger partial charge in [0.25, 0.3) is 0 Å². The van der Waals surface area contributed by atoms with Crippen LogP contribution >= 0.6 is 0 Å². The van der Waals surface area contributed by atoms with Crippen molar-refractivity contribution in [3.63, 3.8) is 0 Å². The first kappa shape index (κ1) is 33.1. The molecular weight excluding hydrogens is 673 g/mol. The Labute approximate surface area is 314 Å². The molecule has 11 heteroatoms. The summed E-state index contributed by atoms with van der Waals surface area (Å²) in [6.07, 6.45) is 11.6. The van der Waals surface area contributed by atoms with Crippen molar-refractivity contribution >= 4 is 10.9 Å². The second-order valence-electron chi connectivity index (χ2n) is 15.0. The zero-order chi connectivity index (χ0) is 36.2. The number of hydrogen-bond donors (Lipinski definition) is 6. The number of benzene rings is 3. The molecule has 10 rings (SSSR count). The zero-order valence-corrected chi connectivity index (χ0v) is 30.8. The van der Waals surface area contributed by atoms with Crippen molar-refractivity contribution < 1.29 is 4.74 Å². The molecule has 0 bridgehead atoms. The third-order valence-corrected chi connectivity index (χ3v) is 11.4. The van der Waals surface area contributed by atoms with Gasteiger partial charge in [0.1, 0.15) is 23.2 Å². The summed E-state index contributed by atoms with van der Waals surface area (Å²) in [5.41, 5.74) is 11.9.